The van der Waals surface area contributed by atoms with Crippen LogP contribution in [-0.4, -0.2) is 40.9 Å². The summed E-state index contributed by atoms with van der Waals surface area (Å²) in [6, 6.07) is 6.07. The first-order chi connectivity index (χ1) is 13.9. The van der Waals surface area contributed by atoms with Crippen LogP contribution in [0.4, 0.5) is 0 Å². The van der Waals surface area contributed by atoms with Crippen molar-refractivity contribution >= 4 is 11.8 Å². The van der Waals surface area contributed by atoms with E-state index in [1.165, 1.54) is 12.8 Å². The van der Waals surface area contributed by atoms with Crippen LogP contribution < -0.4 is 15.4 Å². The summed E-state index contributed by atoms with van der Waals surface area (Å²) in [6.07, 6.45) is 6.05. The lowest BCUT2D eigenvalue weighted by molar-refractivity contribution is -0.126. The fourth-order valence-electron chi connectivity index (χ4n) is 4.74. The molecular weight excluding hydrogens is 366 g/mol. The van der Waals surface area contributed by atoms with Gasteiger partial charge in [0, 0.05) is 29.9 Å². The molecule has 2 amide bonds. The molecule has 1 aromatic rings. The van der Waals surface area contributed by atoms with Gasteiger partial charge < -0.3 is 20.3 Å². The molecular formula is C23H31N3O3. The molecule has 2 fully saturated rings. The second-order valence-electron chi connectivity index (χ2n) is 8.77. The number of carbonyl (C=O) groups is 2. The molecule has 0 radical (unpaired) electrons. The van der Waals surface area contributed by atoms with Crippen LogP contribution in [0.1, 0.15) is 68.3 Å². The van der Waals surface area contributed by atoms with Crippen molar-refractivity contribution in [3.8, 4) is 5.75 Å². The molecule has 1 saturated carbocycles. The molecule has 2 heterocycles. The third-order valence-corrected chi connectivity index (χ3v) is 6.14. The Morgan fingerprint density at radius 1 is 1.21 bits per heavy atom. The number of hydrogen-bond acceptors (Lipinski definition) is 4. The topological polar surface area (TPSA) is 70.7 Å². The minimum atomic E-state index is -0.428. The summed E-state index contributed by atoms with van der Waals surface area (Å²) in [7, 11) is 0. The summed E-state index contributed by atoms with van der Waals surface area (Å²) in [4.78, 5) is 26.9. The maximum Gasteiger partial charge on any atom is 0.255 e. The highest BCUT2D eigenvalue weighted by molar-refractivity contribution is 6.01. The third-order valence-electron chi connectivity index (χ3n) is 6.14. The Labute approximate surface area is 172 Å². The van der Waals surface area contributed by atoms with Crippen molar-refractivity contribution in [2.45, 2.75) is 83.1 Å². The van der Waals surface area contributed by atoms with E-state index >= 15 is 0 Å². The highest BCUT2D eigenvalue weighted by Crippen LogP contribution is 2.32. The number of fused-ring (bicyclic) bond motifs is 1. The standard InChI is InChI=1S/C23H31N3O3/c1-14(2)24-19-6-4-5-7-21(19)29-17-9-10-18-16(12-17)13-26(23(18)28)20-11-8-15(3)25-22(20)27/h9-10,12,14,19-21,24H,3-8,11,13H2,1-2H3,(H,25,27)/t19-,20?,21+/m0/s1. The van der Waals surface area contributed by atoms with Crippen molar-refractivity contribution in [3.63, 3.8) is 0 Å². The number of carbonyl (C=O) groups excluding carboxylic acids is 2. The summed E-state index contributed by atoms with van der Waals surface area (Å²) in [5, 5.41) is 6.41. The maximum atomic E-state index is 12.9. The zero-order chi connectivity index (χ0) is 20.5. The first-order valence-corrected chi connectivity index (χ1v) is 10.8. The summed E-state index contributed by atoms with van der Waals surface area (Å²) >= 11 is 0. The summed E-state index contributed by atoms with van der Waals surface area (Å²) in [5.41, 5.74) is 2.34. The van der Waals surface area contributed by atoms with E-state index in [2.05, 4.69) is 31.1 Å². The van der Waals surface area contributed by atoms with Gasteiger partial charge in [0.2, 0.25) is 5.91 Å². The Morgan fingerprint density at radius 3 is 2.76 bits per heavy atom. The van der Waals surface area contributed by atoms with Crippen LogP contribution in [-0.2, 0) is 11.3 Å². The normalized spacial score (nSPS) is 27.2. The summed E-state index contributed by atoms with van der Waals surface area (Å²) < 4.78 is 6.36. The lowest BCUT2D eigenvalue weighted by Gasteiger charge is -2.34. The molecule has 4 rings (SSSR count). The van der Waals surface area contributed by atoms with E-state index in [-0.39, 0.29) is 17.9 Å². The first-order valence-electron chi connectivity index (χ1n) is 10.8. The predicted octanol–water partition coefficient (Wildman–Crippen LogP) is 3.12. The number of piperidine rings is 1. The summed E-state index contributed by atoms with van der Waals surface area (Å²) in [6.45, 7) is 8.60. The van der Waals surface area contributed by atoms with Crippen molar-refractivity contribution < 1.29 is 14.3 Å². The Kier molecular flexibility index (Phi) is 5.63. The van der Waals surface area contributed by atoms with E-state index in [0.717, 1.165) is 29.9 Å². The van der Waals surface area contributed by atoms with Gasteiger partial charge in [0.25, 0.3) is 5.91 Å². The maximum absolute atomic E-state index is 12.9. The van der Waals surface area contributed by atoms with Gasteiger partial charge in [-0.1, -0.05) is 26.8 Å². The third kappa shape index (κ3) is 4.17. The Morgan fingerprint density at radius 2 is 2.00 bits per heavy atom. The van der Waals surface area contributed by atoms with Gasteiger partial charge in [-0.3, -0.25) is 9.59 Å². The molecule has 2 aliphatic heterocycles. The molecule has 156 valence electrons. The largest absolute Gasteiger partial charge is 0.489 e. The van der Waals surface area contributed by atoms with Gasteiger partial charge in [0.15, 0.2) is 0 Å². The van der Waals surface area contributed by atoms with E-state index < -0.39 is 6.04 Å². The Hall–Kier alpha value is -2.34. The highest BCUT2D eigenvalue weighted by atomic mass is 16.5. The molecule has 29 heavy (non-hydrogen) atoms. The SMILES string of the molecule is C=C1CCC(N2Cc3cc(O[C@@H]4CCCC[C@@H]4NC(C)C)ccc3C2=O)C(=O)N1. The van der Waals surface area contributed by atoms with Crippen LogP contribution in [0.15, 0.2) is 30.5 Å². The number of benzene rings is 1. The van der Waals surface area contributed by atoms with Crippen molar-refractivity contribution in [3.05, 3.63) is 41.6 Å². The average molecular weight is 398 g/mol. The zero-order valence-corrected chi connectivity index (χ0v) is 17.4. The van der Waals surface area contributed by atoms with Crippen molar-refractivity contribution in [2.75, 3.05) is 0 Å². The highest BCUT2D eigenvalue weighted by Gasteiger charge is 2.38. The van der Waals surface area contributed by atoms with Crippen molar-refractivity contribution in [1.82, 2.24) is 15.5 Å². The number of nitrogens with one attached hydrogen (secondary N) is 2. The molecule has 0 aromatic heterocycles. The Balaban J connectivity index is 1.47. The van der Waals surface area contributed by atoms with E-state index in [9.17, 15) is 9.59 Å². The molecule has 3 atom stereocenters. The number of amides is 2. The van der Waals surface area contributed by atoms with Gasteiger partial charge >= 0.3 is 0 Å². The van der Waals surface area contributed by atoms with Gasteiger partial charge in [-0.15, -0.1) is 0 Å². The lowest BCUT2D eigenvalue weighted by atomic mass is 9.92. The van der Waals surface area contributed by atoms with Crippen LogP contribution in [0, 0.1) is 0 Å². The van der Waals surface area contributed by atoms with Gasteiger partial charge in [-0.05, 0) is 55.9 Å². The minimum absolute atomic E-state index is 0.0729. The minimum Gasteiger partial charge on any atom is -0.489 e. The molecule has 1 saturated heterocycles. The van der Waals surface area contributed by atoms with Crippen molar-refractivity contribution in [2.24, 2.45) is 0 Å². The van der Waals surface area contributed by atoms with Crippen LogP contribution in [0.25, 0.3) is 0 Å². The molecule has 0 spiro atoms. The number of nitrogens with zero attached hydrogens (tertiary/aromatic N) is 1. The molecule has 6 nitrogen and oxygen atoms in total. The quantitative estimate of drug-likeness (QED) is 0.801. The number of ether oxygens (including phenoxy) is 1. The second kappa shape index (κ2) is 8.19. The fourth-order valence-corrected chi connectivity index (χ4v) is 4.74. The van der Waals surface area contributed by atoms with E-state index in [1.807, 2.05) is 18.2 Å². The van der Waals surface area contributed by atoms with Crippen LogP contribution in [0.5, 0.6) is 5.75 Å². The smallest absolute Gasteiger partial charge is 0.255 e. The van der Waals surface area contributed by atoms with Crippen LogP contribution in [0.3, 0.4) is 0 Å². The van der Waals surface area contributed by atoms with Gasteiger partial charge in [0.05, 0.1) is 0 Å². The van der Waals surface area contributed by atoms with Crippen LogP contribution >= 0.6 is 0 Å². The van der Waals surface area contributed by atoms with Gasteiger partial charge in [-0.2, -0.15) is 0 Å². The predicted molar refractivity (Wildman–Crippen MR) is 112 cm³/mol. The van der Waals surface area contributed by atoms with E-state index in [0.29, 0.717) is 37.0 Å². The van der Waals surface area contributed by atoms with Gasteiger partial charge in [-0.25, -0.2) is 0 Å². The fraction of sp³-hybridized carbons (Fsp3) is 0.565. The van der Waals surface area contributed by atoms with Crippen LogP contribution in [0.2, 0.25) is 0 Å². The molecule has 1 aliphatic carbocycles. The molecule has 6 heteroatoms. The molecule has 1 unspecified atom stereocenters. The van der Waals surface area contributed by atoms with Crippen molar-refractivity contribution in [1.29, 1.82) is 0 Å². The Bertz CT molecular complexity index is 820. The number of rotatable bonds is 5. The zero-order valence-electron chi connectivity index (χ0n) is 17.4. The molecule has 3 aliphatic rings. The molecule has 1 aromatic carbocycles. The lowest BCUT2D eigenvalue weighted by Crippen LogP contribution is -2.49. The average Bonchev–Trinajstić information content (AvgIpc) is 2.99. The van der Waals surface area contributed by atoms with E-state index in [1.54, 1.807) is 4.90 Å². The number of allylic oxidation sites excluding steroid dienone is 1. The summed E-state index contributed by atoms with van der Waals surface area (Å²) in [5.74, 6) is 0.599. The molecule has 0 bridgehead atoms. The second-order valence-corrected chi connectivity index (χ2v) is 8.77. The van der Waals surface area contributed by atoms with Gasteiger partial charge in [0.1, 0.15) is 17.9 Å². The molecule has 2 N–H and O–H groups in total. The first kappa shape index (κ1) is 20.0. The monoisotopic (exact) mass is 397 g/mol. The van der Waals surface area contributed by atoms with E-state index in [4.69, 9.17) is 4.74 Å². The number of hydrogen-bond donors (Lipinski definition) is 2.